The van der Waals surface area contributed by atoms with Gasteiger partial charge in [-0.05, 0) is 99.5 Å². The number of rotatable bonds is 3. The Kier molecular flexibility index (Phi) is 3.38. The molecule has 1 unspecified atom stereocenters. The summed E-state index contributed by atoms with van der Waals surface area (Å²) in [5.41, 5.74) is 0. The smallest absolute Gasteiger partial charge is 0.00462 e. The fourth-order valence-electron chi connectivity index (χ4n) is 6.86. The monoisotopic (exact) mass is 261 g/mol. The van der Waals surface area contributed by atoms with Crippen molar-refractivity contribution in [3.63, 3.8) is 0 Å². The largest absolute Gasteiger partial charge is 0.317 e. The molecule has 1 N–H and O–H groups in total. The number of nitrogens with one attached hydrogen (secondary N) is 1. The first-order valence-electron chi connectivity index (χ1n) is 9.05. The quantitative estimate of drug-likeness (QED) is 0.807. The van der Waals surface area contributed by atoms with Crippen LogP contribution in [-0.4, -0.2) is 13.1 Å². The zero-order valence-electron chi connectivity index (χ0n) is 12.6. The van der Waals surface area contributed by atoms with Gasteiger partial charge in [0.1, 0.15) is 0 Å². The topological polar surface area (TPSA) is 12.0 Å². The Hall–Kier alpha value is -0.0400. The van der Waals surface area contributed by atoms with Crippen molar-refractivity contribution in [3.05, 3.63) is 0 Å². The van der Waals surface area contributed by atoms with E-state index in [1.165, 1.54) is 32.4 Å². The van der Waals surface area contributed by atoms with E-state index in [0.29, 0.717) is 0 Å². The van der Waals surface area contributed by atoms with Crippen molar-refractivity contribution in [1.29, 1.82) is 0 Å². The number of hydrogen-bond donors (Lipinski definition) is 1. The van der Waals surface area contributed by atoms with Crippen LogP contribution in [0.15, 0.2) is 0 Å². The molecule has 0 spiro atoms. The number of hydrogen-bond acceptors (Lipinski definition) is 1. The van der Waals surface area contributed by atoms with Gasteiger partial charge in [-0.25, -0.2) is 0 Å². The fraction of sp³-hybridized carbons (Fsp3) is 1.00. The second-order valence-corrected chi connectivity index (χ2v) is 8.17. The van der Waals surface area contributed by atoms with E-state index in [4.69, 9.17) is 0 Å². The van der Waals surface area contributed by atoms with E-state index in [0.717, 1.165) is 41.4 Å². The van der Waals surface area contributed by atoms with Crippen LogP contribution in [0.1, 0.15) is 58.3 Å². The summed E-state index contributed by atoms with van der Waals surface area (Å²) in [6.45, 7) is 5.06. The Labute approximate surface area is 118 Å². The van der Waals surface area contributed by atoms with E-state index in [2.05, 4.69) is 12.2 Å². The summed E-state index contributed by atoms with van der Waals surface area (Å²) in [6, 6.07) is 0. The highest BCUT2D eigenvalue weighted by molar-refractivity contribution is 5.01. The summed E-state index contributed by atoms with van der Waals surface area (Å²) in [4.78, 5) is 0. The van der Waals surface area contributed by atoms with Crippen LogP contribution >= 0.6 is 0 Å². The summed E-state index contributed by atoms with van der Waals surface area (Å²) in [5, 5.41) is 3.56. The molecule has 1 heterocycles. The molecule has 1 heteroatoms. The third kappa shape index (κ3) is 2.17. The number of piperidine rings is 1. The van der Waals surface area contributed by atoms with E-state index in [1.807, 2.05) is 0 Å². The summed E-state index contributed by atoms with van der Waals surface area (Å²) in [7, 11) is 0. The minimum atomic E-state index is 1.05. The molecule has 1 atom stereocenters. The maximum absolute atomic E-state index is 3.56. The SMILES string of the molecule is CCC(C1CCNCC1)C1C2CC3CC(C2)CC1C3. The first kappa shape index (κ1) is 12.7. The molecule has 5 fully saturated rings. The molecule has 5 aliphatic rings. The van der Waals surface area contributed by atoms with Gasteiger partial charge in [0.05, 0.1) is 0 Å². The van der Waals surface area contributed by atoms with Crippen molar-refractivity contribution < 1.29 is 0 Å². The van der Waals surface area contributed by atoms with Gasteiger partial charge in [-0.1, -0.05) is 13.3 Å². The van der Waals surface area contributed by atoms with Gasteiger partial charge < -0.3 is 5.32 Å². The third-order valence-electron chi connectivity index (χ3n) is 7.25. The van der Waals surface area contributed by atoms with Gasteiger partial charge in [0, 0.05) is 0 Å². The van der Waals surface area contributed by atoms with Crippen LogP contribution in [0.3, 0.4) is 0 Å². The molecule has 0 amide bonds. The van der Waals surface area contributed by atoms with E-state index < -0.39 is 0 Å². The average Bonchev–Trinajstić information content (AvgIpc) is 2.43. The van der Waals surface area contributed by atoms with Crippen molar-refractivity contribution in [2.75, 3.05) is 13.1 Å². The lowest BCUT2D eigenvalue weighted by Gasteiger charge is -2.57. The fourth-order valence-corrected chi connectivity index (χ4v) is 6.86. The van der Waals surface area contributed by atoms with E-state index in [1.54, 1.807) is 32.1 Å². The summed E-state index contributed by atoms with van der Waals surface area (Å²) >= 11 is 0. The van der Waals surface area contributed by atoms with Crippen LogP contribution < -0.4 is 5.32 Å². The first-order chi connectivity index (χ1) is 9.35. The van der Waals surface area contributed by atoms with Gasteiger partial charge in [0.15, 0.2) is 0 Å². The van der Waals surface area contributed by atoms with Gasteiger partial charge in [0.25, 0.3) is 0 Å². The lowest BCUT2D eigenvalue weighted by Crippen LogP contribution is -2.49. The van der Waals surface area contributed by atoms with Gasteiger partial charge in [0.2, 0.25) is 0 Å². The Morgan fingerprint density at radius 1 is 0.895 bits per heavy atom. The lowest BCUT2D eigenvalue weighted by atomic mass is 9.48. The molecule has 4 aliphatic carbocycles. The Morgan fingerprint density at radius 2 is 1.47 bits per heavy atom. The molecule has 19 heavy (non-hydrogen) atoms. The second-order valence-electron chi connectivity index (χ2n) is 8.17. The van der Waals surface area contributed by atoms with Gasteiger partial charge in [-0.2, -0.15) is 0 Å². The molecule has 4 bridgehead atoms. The Morgan fingerprint density at radius 3 is 2.00 bits per heavy atom. The van der Waals surface area contributed by atoms with Crippen LogP contribution in [0.4, 0.5) is 0 Å². The Balaban J connectivity index is 1.53. The standard InChI is InChI=1S/C18H31N/c1-2-17(14-3-5-19-6-4-14)18-15-8-12-7-13(10-15)11-16(18)9-12/h12-19H,2-11H2,1H3. The molecule has 1 saturated heterocycles. The third-order valence-corrected chi connectivity index (χ3v) is 7.25. The second kappa shape index (κ2) is 5.06. The normalized spacial score (nSPS) is 47.5. The van der Waals surface area contributed by atoms with Gasteiger partial charge in [-0.15, -0.1) is 0 Å². The zero-order chi connectivity index (χ0) is 12.8. The molecule has 108 valence electrons. The van der Waals surface area contributed by atoms with Crippen molar-refractivity contribution >= 4 is 0 Å². The van der Waals surface area contributed by atoms with Crippen LogP contribution in [0, 0.1) is 41.4 Å². The van der Waals surface area contributed by atoms with Crippen molar-refractivity contribution in [1.82, 2.24) is 5.32 Å². The predicted octanol–water partition coefficient (Wildman–Crippen LogP) is 4.08. The molecular formula is C18H31N. The van der Waals surface area contributed by atoms with E-state index >= 15 is 0 Å². The molecule has 0 aromatic rings. The van der Waals surface area contributed by atoms with Crippen molar-refractivity contribution in [3.8, 4) is 0 Å². The molecular weight excluding hydrogens is 230 g/mol. The van der Waals surface area contributed by atoms with Crippen LogP contribution in [0.25, 0.3) is 0 Å². The molecule has 1 aliphatic heterocycles. The molecule has 1 nitrogen and oxygen atoms in total. The summed E-state index contributed by atoms with van der Waals surface area (Å²) in [5.74, 6) is 7.80. The van der Waals surface area contributed by atoms with Crippen LogP contribution in [0.5, 0.6) is 0 Å². The van der Waals surface area contributed by atoms with E-state index in [-0.39, 0.29) is 0 Å². The van der Waals surface area contributed by atoms with Crippen LogP contribution in [-0.2, 0) is 0 Å². The van der Waals surface area contributed by atoms with Gasteiger partial charge >= 0.3 is 0 Å². The van der Waals surface area contributed by atoms with E-state index in [9.17, 15) is 0 Å². The molecule has 0 aromatic heterocycles. The van der Waals surface area contributed by atoms with Crippen LogP contribution in [0.2, 0.25) is 0 Å². The van der Waals surface area contributed by atoms with Gasteiger partial charge in [-0.3, -0.25) is 0 Å². The minimum Gasteiger partial charge on any atom is -0.317 e. The summed E-state index contributed by atoms with van der Waals surface area (Å²) in [6.07, 6.45) is 12.4. The van der Waals surface area contributed by atoms with Crippen molar-refractivity contribution in [2.24, 2.45) is 41.4 Å². The highest BCUT2D eigenvalue weighted by Gasteiger charge is 2.51. The molecule has 5 rings (SSSR count). The zero-order valence-corrected chi connectivity index (χ0v) is 12.6. The molecule has 4 saturated carbocycles. The van der Waals surface area contributed by atoms with Crippen molar-refractivity contribution in [2.45, 2.75) is 58.3 Å². The maximum Gasteiger partial charge on any atom is -0.00462 e. The molecule has 0 aromatic carbocycles. The molecule has 0 radical (unpaired) electrons. The lowest BCUT2D eigenvalue weighted by molar-refractivity contribution is -0.0763. The first-order valence-corrected chi connectivity index (χ1v) is 9.05. The predicted molar refractivity (Wildman–Crippen MR) is 79.9 cm³/mol. The average molecular weight is 261 g/mol. The summed E-state index contributed by atoms with van der Waals surface area (Å²) < 4.78 is 0. The highest BCUT2D eigenvalue weighted by Crippen LogP contribution is 2.60. The highest BCUT2D eigenvalue weighted by atomic mass is 14.9. The maximum atomic E-state index is 3.56. The minimum absolute atomic E-state index is 1.05. The Bertz CT molecular complexity index is 290.